The molecule has 0 saturated carbocycles. The first-order chi connectivity index (χ1) is 13.1. The number of aryl methyl sites for hydroxylation is 2. The van der Waals surface area contributed by atoms with E-state index in [1.54, 1.807) is 36.7 Å². The van der Waals surface area contributed by atoms with Gasteiger partial charge < -0.3 is 0 Å². The molecule has 0 unspecified atom stereocenters. The monoisotopic (exact) mass is 403 g/mol. The van der Waals surface area contributed by atoms with Gasteiger partial charge in [0, 0.05) is 28.5 Å². The molecular weight excluding hydrogens is 382 g/mol. The zero-order valence-electron chi connectivity index (χ0n) is 15.9. The van der Waals surface area contributed by atoms with E-state index in [0.29, 0.717) is 17.7 Å². The summed E-state index contributed by atoms with van der Waals surface area (Å²) in [5, 5.41) is 15.5. The Morgan fingerprint density at radius 2 is 2.04 bits per heavy atom. The van der Waals surface area contributed by atoms with Gasteiger partial charge in [-0.05, 0) is 39.3 Å². The van der Waals surface area contributed by atoms with Crippen molar-refractivity contribution in [1.82, 2.24) is 9.78 Å². The number of hydrogen-bond acceptors (Lipinski definition) is 6. The van der Waals surface area contributed by atoms with Gasteiger partial charge in [0.05, 0.1) is 28.2 Å². The molecule has 9 heteroatoms. The number of sulfone groups is 1. The number of benzene rings is 1. The Hall–Kier alpha value is -2.81. The second kappa shape index (κ2) is 7.31. The molecule has 1 fully saturated rings. The third kappa shape index (κ3) is 3.89. The first kappa shape index (κ1) is 19.9. The summed E-state index contributed by atoms with van der Waals surface area (Å²) in [4.78, 5) is 23.0. The second-order valence-corrected chi connectivity index (χ2v) is 9.27. The average Bonchev–Trinajstić information content (AvgIpc) is 3.12. The van der Waals surface area contributed by atoms with Gasteiger partial charge in [-0.2, -0.15) is 5.10 Å². The third-order valence-electron chi connectivity index (χ3n) is 5.03. The van der Waals surface area contributed by atoms with E-state index in [2.05, 4.69) is 5.10 Å². The predicted octanol–water partition coefficient (Wildman–Crippen LogP) is 2.97. The van der Waals surface area contributed by atoms with Crippen LogP contribution in [0.25, 0.3) is 6.08 Å². The minimum atomic E-state index is -3.03. The second-order valence-electron chi connectivity index (χ2n) is 7.04. The average molecular weight is 403 g/mol. The topological polar surface area (TPSA) is 112 Å². The molecule has 1 aromatic carbocycles. The third-order valence-corrected chi connectivity index (χ3v) is 6.78. The number of allylic oxidation sites excluding steroid dienone is 1. The van der Waals surface area contributed by atoms with Crippen LogP contribution in [-0.2, 0) is 9.84 Å². The molecule has 0 spiro atoms. The molecule has 148 valence electrons. The van der Waals surface area contributed by atoms with Crippen molar-refractivity contribution in [3.05, 3.63) is 62.5 Å². The lowest BCUT2D eigenvalue weighted by molar-refractivity contribution is -0.385. The van der Waals surface area contributed by atoms with E-state index >= 15 is 0 Å². The summed E-state index contributed by atoms with van der Waals surface area (Å²) in [5.41, 5.74) is 2.86. The van der Waals surface area contributed by atoms with Gasteiger partial charge in [0.15, 0.2) is 15.6 Å². The minimum absolute atomic E-state index is 0.0735. The SMILES string of the molecule is Cc1ccc(C(=O)/C=C/c2c(C)nn([C@@H]3CCS(=O)(=O)C3)c2C)cc1[N+](=O)[O-]. The number of rotatable bonds is 5. The fourth-order valence-corrected chi connectivity index (χ4v) is 5.15. The van der Waals surface area contributed by atoms with Crippen molar-refractivity contribution < 1.29 is 18.1 Å². The number of nitro groups is 1. The molecule has 3 rings (SSSR count). The molecule has 1 aliphatic heterocycles. The molecule has 0 bridgehead atoms. The van der Waals surface area contributed by atoms with E-state index in [4.69, 9.17) is 0 Å². The molecule has 0 radical (unpaired) electrons. The van der Waals surface area contributed by atoms with Crippen LogP contribution < -0.4 is 0 Å². The summed E-state index contributed by atoms with van der Waals surface area (Å²) in [6.45, 7) is 5.26. The smallest absolute Gasteiger partial charge is 0.273 e. The summed E-state index contributed by atoms with van der Waals surface area (Å²) < 4.78 is 25.2. The van der Waals surface area contributed by atoms with Crippen LogP contribution in [0.3, 0.4) is 0 Å². The highest BCUT2D eigenvalue weighted by Crippen LogP contribution is 2.27. The molecule has 8 nitrogen and oxygen atoms in total. The molecule has 1 aliphatic rings. The van der Waals surface area contributed by atoms with Crippen molar-refractivity contribution in [3.63, 3.8) is 0 Å². The van der Waals surface area contributed by atoms with Crippen LogP contribution in [0.5, 0.6) is 0 Å². The molecule has 1 aromatic heterocycles. The first-order valence-corrected chi connectivity index (χ1v) is 10.6. The summed E-state index contributed by atoms with van der Waals surface area (Å²) in [5.74, 6) is -0.117. The van der Waals surface area contributed by atoms with Gasteiger partial charge in [0.1, 0.15) is 0 Å². The Balaban J connectivity index is 1.86. The Morgan fingerprint density at radius 3 is 2.64 bits per heavy atom. The van der Waals surface area contributed by atoms with Gasteiger partial charge in [0.25, 0.3) is 5.69 Å². The van der Waals surface area contributed by atoms with E-state index in [1.165, 1.54) is 12.1 Å². The van der Waals surface area contributed by atoms with Crippen LogP contribution in [0.2, 0.25) is 0 Å². The van der Waals surface area contributed by atoms with E-state index in [1.807, 2.05) is 6.92 Å². The van der Waals surface area contributed by atoms with E-state index < -0.39 is 14.8 Å². The zero-order valence-corrected chi connectivity index (χ0v) is 16.7. The van der Waals surface area contributed by atoms with Gasteiger partial charge >= 0.3 is 0 Å². The predicted molar refractivity (Wildman–Crippen MR) is 105 cm³/mol. The van der Waals surface area contributed by atoms with Crippen molar-refractivity contribution in [2.24, 2.45) is 0 Å². The number of nitro benzene ring substituents is 1. The van der Waals surface area contributed by atoms with E-state index in [0.717, 1.165) is 11.3 Å². The highest BCUT2D eigenvalue weighted by Gasteiger charge is 2.31. The summed E-state index contributed by atoms with van der Waals surface area (Å²) in [7, 11) is -3.03. The molecule has 0 amide bonds. The number of aromatic nitrogens is 2. The molecule has 1 saturated heterocycles. The number of carbonyl (C=O) groups is 1. The fourth-order valence-electron chi connectivity index (χ4n) is 3.46. The van der Waals surface area contributed by atoms with Crippen LogP contribution >= 0.6 is 0 Å². The quantitative estimate of drug-likeness (QED) is 0.328. The van der Waals surface area contributed by atoms with Crippen molar-refractivity contribution in [2.75, 3.05) is 11.5 Å². The Kier molecular flexibility index (Phi) is 5.20. The van der Waals surface area contributed by atoms with Crippen LogP contribution in [0.15, 0.2) is 24.3 Å². The number of hydrogen-bond donors (Lipinski definition) is 0. The van der Waals surface area contributed by atoms with Crippen molar-refractivity contribution in [3.8, 4) is 0 Å². The van der Waals surface area contributed by atoms with Crippen molar-refractivity contribution in [2.45, 2.75) is 33.2 Å². The van der Waals surface area contributed by atoms with Crippen molar-refractivity contribution >= 4 is 27.4 Å². The maximum atomic E-state index is 12.5. The van der Waals surface area contributed by atoms with Gasteiger partial charge in [0.2, 0.25) is 0 Å². The van der Waals surface area contributed by atoms with Crippen LogP contribution in [0.4, 0.5) is 5.69 Å². The van der Waals surface area contributed by atoms with Gasteiger partial charge in [-0.3, -0.25) is 19.6 Å². The lowest BCUT2D eigenvalue weighted by Gasteiger charge is -2.10. The van der Waals surface area contributed by atoms with Crippen LogP contribution in [0, 0.1) is 30.9 Å². The highest BCUT2D eigenvalue weighted by atomic mass is 32.2. The zero-order chi connectivity index (χ0) is 20.6. The largest absolute Gasteiger partial charge is 0.289 e. The normalized spacial score (nSPS) is 18.6. The molecule has 28 heavy (non-hydrogen) atoms. The Morgan fingerprint density at radius 1 is 1.32 bits per heavy atom. The summed E-state index contributed by atoms with van der Waals surface area (Å²) in [6.07, 6.45) is 3.52. The fraction of sp³-hybridized carbons (Fsp3) is 0.368. The van der Waals surface area contributed by atoms with E-state index in [9.17, 15) is 23.3 Å². The van der Waals surface area contributed by atoms with Crippen LogP contribution in [0.1, 0.15) is 45.3 Å². The van der Waals surface area contributed by atoms with Crippen molar-refractivity contribution in [1.29, 1.82) is 0 Å². The minimum Gasteiger partial charge on any atom is -0.289 e. The standard InChI is InChI=1S/C19H21N3O5S/c1-12-4-5-15(10-18(12)22(24)25)19(23)7-6-17-13(2)20-21(14(17)3)16-8-9-28(26,27)11-16/h4-7,10,16H,8-9,11H2,1-3H3/b7-6+/t16-/m1/s1. The number of carbonyl (C=O) groups excluding carboxylic acids is 1. The number of nitrogens with zero attached hydrogens (tertiary/aromatic N) is 3. The highest BCUT2D eigenvalue weighted by molar-refractivity contribution is 7.91. The van der Waals surface area contributed by atoms with Gasteiger partial charge in [-0.25, -0.2) is 8.42 Å². The van der Waals surface area contributed by atoms with Gasteiger partial charge in [-0.15, -0.1) is 0 Å². The molecule has 1 atom stereocenters. The Labute approximate surface area is 162 Å². The lowest BCUT2D eigenvalue weighted by atomic mass is 10.1. The Bertz CT molecular complexity index is 1100. The van der Waals surface area contributed by atoms with Crippen LogP contribution in [-0.4, -0.2) is 40.4 Å². The first-order valence-electron chi connectivity index (χ1n) is 8.82. The summed E-state index contributed by atoms with van der Waals surface area (Å²) >= 11 is 0. The molecular formula is C19H21N3O5S. The molecule has 2 heterocycles. The number of ketones is 1. The maximum absolute atomic E-state index is 12.5. The molecule has 2 aromatic rings. The molecule has 0 N–H and O–H groups in total. The lowest BCUT2D eigenvalue weighted by Crippen LogP contribution is -2.13. The maximum Gasteiger partial charge on any atom is 0.273 e. The van der Waals surface area contributed by atoms with E-state index in [-0.39, 0.29) is 34.6 Å². The van der Waals surface area contributed by atoms with Gasteiger partial charge in [-0.1, -0.05) is 12.1 Å². The summed E-state index contributed by atoms with van der Waals surface area (Å²) in [6, 6.07) is 4.19. The molecule has 0 aliphatic carbocycles.